The SMILES string of the molecule is CCCOc1ccc(/C(O)=C2/C(=O)C(=O)N(c3ccc(OC)c(OC)c3)C2c2sccc2C)cc1. The molecule has 0 bridgehead atoms. The van der Waals surface area contributed by atoms with Crippen molar-refractivity contribution in [3.05, 3.63) is 75.5 Å². The number of hydrogen-bond acceptors (Lipinski definition) is 7. The standard InChI is InChI=1S/C27H27NO6S/c1-5-13-34-19-9-6-17(7-10-19)24(29)22-23(26-16(2)12-14-35-26)28(27(31)25(22)30)18-8-11-20(32-3)21(15-18)33-4/h6-12,14-15,23,29H,5,13H2,1-4H3/b24-22-. The maximum atomic E-state index is 13.3. The van der Waals surface area contributed by atoms with Crippen LogP contribution in [0.15, 0.2) is 59.5 Å². The molecule has 4 rings (SSSR count). The highest BCUT2D eigenvalue weighted by Crippen LogP contribution is 2.46. The number of aryl methyl sites for hydroxylation is 1. The summed E-state index contributed by atoms with van der Waals surface area (Å²) in [5.74, 6) is -0.106. The van der Waals surface area contributed by atoms with Crippen LogP contribution in [0.2, 0.25) is 0 Å². The minimum absolute atomic E-state index is 0.0394. The molecular weight excluding hydrogens is 466 g/mol. The van der Waals surface area contributed by atoms with Crippen LogP contribution in [0.5, 0.6) is 17.2 Å². The Morgan fingerprint density at radius 3 is 2.34 bits per heavy atom. The lowest BCUT2D eigenvalue weighted by Gasteiger charge is -2.25. The maximum Gasteiger partial charge on any atom is 0.300 e. The van der Waals surface area contributed by atoms with Crippen molar-refractivity contribution in [2.75, 3.05) is 25.7 Å². The molecule has 1 fully saturated rings. The Hall–Kier alpha value is -3.78. The van der Waals surface area contributed by atoms with Gasteiger partial charge in [-0.2, -0.15) is 0 Å². The molecule has 1 N–H and O–H groups in total. The molecule has 2 heterocycles. The van der Waals surface area contributed by atoms with Gasteiger partial charge < -0.3 is 19.3 Å². The van der Waals surface area contributed by atoms with E-state index >= 15 is 0 Å². The minimum atomic E-state index is -0.788. The van der Waals surface area contributed by atoms with Crippen molar-refractivity contribution >= 4 is 34.5 Å². The molecule has 1 atom stereocenters. The lowest BCUT2D eigenvalue weighted by molar-refractivity contribution is -0.132. The van der Waals surface area contributed by atoms with E-state index in [1.54, 1.807) is 42.5 Å². The molecule has 0 radical (unpaired) electrons. The van der Waals surface area contributed by atoms with Crippen LogP contribution in [0.1, 0.15) is 35.4 Å². The van der Waals surface area contributed by atoms with Crippen molar-refractivity contribution in [3.8, 4) is 17.2 Å². The Labute approximate surface area is 208 Å². The van der Waals surface area contributed by atoms with Gasteiger partial charge in [-0.3, -0.25) is 14.5 Å². The summed E-state index contributed by atoms with van der Waals surface area (Å²) in [4.78, 5) is 28.9. The zero-order valence-electron chi connectivity index (χ0n) is 20.0. The summed E-state index contributed by atoms with van der Waals surface area (Å²) in [6, 6.07) is 13.0. The van der Waals surface area contributed by atoms with Crippen LogP contribution in [0.4, 0.5) is 5.69 Å². The van der Waals surface area contributed by atoms with Crippen molar-refractivity contribution in [1.82, 2.24) is 0 Å². The number of ketones is 1. The topological polar surface area (TPSA) is 85.3 Å². The molecule has 35 heavy (non-hydrogen) atoms. The van der Waals surface area contributed by atoms with Crippen molar-refractivity contribution in [3.63, 3.8) is 0 Å². The van der Waals surface area contributed by atoms with E-state index < -0.39 is 17.7 Å². The summed E-state index contributed by atoms with van der Waals surface area (Å²) >= 11 is 1.43. The van der Waals surface area contributed by atoms with Crippen LogP contribution < -0.4 is 19.1 Å². The number of methoxy groups -OCH3 is 2. The third-order valence-corrected chi connectivity index (χ3v) is 6.91. The number of carbonyl (C=O) groups is 2. The van der Waals surface area contributed by atoms with Crippen molar-refractivity contribution < 1.29 is 28.9 Å². The average molecular weight is 494 g/mol. The predicted molar refractivity (Wildman–Crippen MR) is 136 cm³/mol. The van der Waals surface area contributed by atoms with Gasteiger partial charge >= 0.3 is 0 Å². The molecule has 2 aromatic carbocycles. The quantitative estimate of drug-likeness (QED) is 0.254. The second-order valence-electron chi connectivity index (χ2n) is 8.05. The summed E-state index contributed by atoms with van der Waals surface area (Å²) < 4.78 is 16.3. The van der Waals surface area contributed by atoms with E-state index in [0.717, 1.165) is 16.9 Å². The molecule has 1 amide bonds. The highest BCUT2D eigenvalue weighted by molar-refractivity contribution is 7.10. The van der Waals surface area contributed by atoms with Crippen LogP contribution in [-0.2, 0) is 9.59 Å². The number of rotatable bonds is 8. The van der Waals surface area contributed by atoms with Crippen LogP contribution in [0.25, 0.3) is 5.76 Å². The third-order valence-electron chi connectivity index (χ3n) is 5.84. The number of Topliss-reactive ketones (excluding diaryl/α,β-unsaturated/α-hetero) is 1. The molecule has 7 nitrogen and oxygen atoms in total. The summed E-state index contributed by atoms with van der Waals surface area (Å²) in [5, 5.41) is 13.2. The van der Waals surface area contributed by atoms with Gasteiger partial charge in [-0.05, 0) is 66.8 Å². The molecule has 1 unspecified atom stereocenters. The first-order valence-electron chi connectivity index (χ1n) is 11.2. The van der Waals surface area contributed by atoms with E-state index in [9.17, 15) is 14.7 Å². The molecule has 0 aliphatic carbocycles. The Kier molecular flexibility index (Phi) is 7.12. The van der Waals surface area contributed by atoms with Crippen molar-refractivity contribution in [2.24, 2.45) is 0 Å². The van der Waals surface area contributed by atoms with E-state index in [4.69, 9.17) is 14.2 Å². The van der Waals surface area contributed by atoms with Crippen LogP contribution in [0.3, 0.4) is 0 Å². The van der Waals surface area contributed by atoms with Gasteiger partial charge in [0.25, 0.3) is 11.7 Å². The van der Waals surface area contributed by atoms with Gasteiger partial charge in [0, 0.05) is 22.2 Å². The van der Waals surface area contributed by atoms with Gasteiger partial charge in [0.05, 0.1) is 26.4 Å². The molecule has 1 aliphatic rings. The molecule has 0 spiro atoms. The average Bonchev–Trinajstić information content (AvgIpc) is 3.42. The van der Waals surface area contributed by atoms with Gasteiger partial charge in [-0.15, -0.1) is 11.3 Å². The number of hydrogen-bond donors (Lipinski definition) is 1. The molecule has 1 aliphatic heterocycles. The van der Waals surface area contributed by atoms with Crippen LogP contribution in [-0.4, -0.2) is 37.6 Å². The lowest BCUT2D eigenvalue weighted by atomic mass is 9.98. The Bertz CT molecular complexity index is 1280. The highest BCUT2D eigenvalue weighted by atomic mass is 32.1. The second kappa shape index (κ2) is 10.2. The van der Waals surface area contributed by atoms with E-state index in [0.29, 0.717) is 35.1 Å². The number of nitrogens with zero attached hydrogens (tertiary/aromatic N) is 1. The number of ether oxygens (including phenoxy) is 3. The second-order valence-corrected chi connectivity index (χ2v) is 9.00. The normalized spacial score (nSPS) is 17.0. The third kappa shape index (κ3) is 4.49. The smallest absolute Gasteiger partial charge is 0.300 e. The van der Waals surface area contributed by atoms with Crippen molar-refractivity contribution in [1.29, 1.82) is 0 Å². The van der Waals surface area contributed by atoms with E-state index in [1.807, 2.05) is 25.3 Å². The molecule has 0 saturated carbocycles. The lowest BCUT2D eigenvalue weighted by Crippen LogP contribution is -2.29. The summed E-state index contributed by atoms with van der Waals surface area (Å²) in [5.41, 5.74) is 1.85. The van der Waals surface area contributed by atoms with E-state index in [1.165, 1.54) is 30.5 Å². The van der Waals surface area contributed by atoms with Crippen LogP contribution in [0, 0.1) is 6.92 Å². The maximum absolute atomic E-state index is 13.3. The molecule has 1 aromatic heterocycles. The summed E-state index contributed by atoms with van der Waals surface area (Å²) in [6.45, 7) is 4.52. The number of aliphatic hydroxyl groups excluding tert-OH is 1. The first-order chi connectivity index (χ1) is 16.9. The summed E-state index contributed by atoms with van der Waals surface area (Å²) in [7, 11) is 3.03. The zero-order valence-corrected chi connectivity index (χ0v) is 20.8. The number of benzene rings is 2. The Morgan fingerprint density at radius 2 is 1.74 bits per heavy atom. The Balaban J connectivity index is 1.85. The highest BCUT2D eigenvalue weighted by Gasteiger charge is 2.48. The van der Waals surface area contributed by atoms with Gasteiger partial charge in [0.15, 0.2) is 11.5 Å². The number of carbonyl (C=O) groups excluding carboxylic acids is 2. The number of thiophene rings is 1. The summed E-state index contributed by atoms with van der Waals surface area (Å²) in [6.07, 6.45) is 0.876. The molecule has 1 saturated heterocycles. The van der Waals surface area contributed by atoms with Gasteiger partial charge in [-0.25, -0.2) is 0 Å². The fourth-order valence-corrected chi connectivity index (χ4v) is 5.10. The number of amides is 1. The number of anilines is 1. The van der Waals surface area contributed by atoms with E-state index in [2.05, 4.69) is 0 Å². The predicted octanol–water partition coefficient (Wildman–Crippen LogP) is 5.49. The molecule has 182 valence electrons. The zero-order chi connectivity index (χ0) is 25.1. The minimum Gasteiger partial charge on any atom is -0.507 e. The van der Waals surface area contributed by atoms with Gasteiger partial charge in [-0.1, -0.05) is 6.92 Å². The van der Waals surface area contributed by atoms with Gasteiger partial charge in [0.2, 0.25) is 0 Å². The first-order valence-corrected chi connectivity index (χ1v) is 12.1. The molecule has 8 heteroatoms. The molecule has 3 aromatic rings. The number of aliphatic hydroxyl groups is 1. The monoisotopic (exact) mass is 493 g/mol. The van der Waals surface area contributed by atoms with Gasteiger partial charge in [0.1, 0.15) is 17.6 Å². The largest absolute Gasteiger partial charge is 0.507 e. The van der Waals surface area contributed by atoms with E-state index in [-0.39, 0.29) is 11.3 Å². The molecular formula is C27H27NO6S. The van der Waals surface area contributed by atoms with Crippen LogP contribution >= 0.6 is 11.3 Å². The fourth-order valence-electron chi connectivity index (χ4n) is 4.07. The Morgan fingerprint density at radius 1 is 1.03 bits per heavy atom. The van der Waals surface area contributed by atoms with Crippen molar-refractivity contribution in [2.45, 2.75) is 26.3 Å². The first kappa shape index (κ1) is 24.3. The fraction of sp³-hybridized carbons (Fsp3) is 0.259.